The average molecular weight is 310 g/mol. The molecule has 0 aliphatic heterocycles. The third-order valence-electron chi connectivity index (χ3n) is 4.29. The Morgan fingerprint density at radius 1 is 0.750 bits per heavy atom. The minimum Gasteiger partial charge on any atom is -0.398 e. The molecule has 0 amide bonds. The first kappa shape index (κ1) is 14.5. The number of aromatic nitrogens is 1. The van der Waals surface area contributed by atoms with E-state index >= 15 is 0 Å². The highest BCUT2D eigenvalue weighted by Crippen LogP contribution is 2.34. The van der Waals surface area contributed by atoms with E-state index in [-0.39, 0.29) is 0 Å². The highest BCUT2D eigenvalue weighted by Gasteiger charge is 2.11. The first-order chi connectivity index (χ1) is 11.7. The van der Waals surface area contributed by atoms with Gasteiger partial charge in [0.2, 0.25) is 0 Å². The number of hydrogen-bond donors (Lipinski definition) is 1. The van der Waals surface area contributed by atoms with Crippen molar-refractivity contribution in [3.05, 3.63) is 84.4 Å². The normalized spacial score (nSPS) is 10.9. The van der Waals surface area contributed by atoms with Gasteiger partial charge in [-0.05, 0) is 42.3 Å². The smallest absolute Gasteiger partial charge is 0.0736 e. The zero-order chi connectivity index (χ0) is 16.5. The monoisotopic (exact) mass is 310 g/mol. The van der Waals surface area contributed by atoms with E-state index in [1.165, 1.54) is 22.1 Å². The molecule has 2 N–H and O–H groups in total. The SMILES string of the molecule is Cc1ccc2nc(-c3ccccc3N)cc(-c3ccccc3)c2c1. The van der Waals surface area contributed by atoms with Crippen LogP contribution in [0.2, 0.25) is 0 Å². The molecule has 0 aliphatic rings. The predicted octanol–water partition coefficient (Wildman–Crippen LogP) is 5.46. The molecule has 24 heavy (non-hydrogen) atoms. The van der Waals surface area contributed by atoms with E-state index in [0.717, 1.165) is 22.5 Å². The van der Waals surface area contributed by atoms with Crippen molar-refractivity contribution in [2.24, 2.45) is 0 Å². The van der Waals surface area contributed by atoms with Gasteiger partial charge >= 0.3 is 0 Å². The lowest BCUT2D eigenvalue weighted by molar-refractivity contribution is 1.38. The molecule has 1 heterocycles. The van der Waals surface area contributed by atoms with Crippen LogP contribution in [0.4, 0.5) is 5.69 Å². The highest BCUT2D eigenvalue weighted by atomic mass is 14.7. The number of nitrogens with zero attached hydrogens (tertiary/aromatic N) is 1. The molecule has 4 aromatic rings. The molecule has 0 radical (unpaired) electrons. The molecule has 4 rings (SSSR count). The van der Waals surface area contributed by atoms with Crippen molar-refractivity contribution in [1.29, 1.82) is 0 Å². The van der Waals surface area contributed by atoms with Crippen LogP contribution in [0, 0.1) is 6.92 Å². The summed E-state index contributed by atoms with van der Waals surface area (Å²) in [5.74, 6) is 0. The Kier molecular flexibility index (Phi) is 3.51. The van der Waals surface area contributed by atoms with Crippen LogP contribution in [-0.2, 0) is 0 Å². The molecule has 0 spiro atoms. The third kappa shape index (κ3) is 2.52. The number of pyridine rings is 1. The Bertz CT molecular complexity index is 1020. The lowest BCUT2D eigenvalue weighted by Gasteiger charge is -2.12. The Hall–Kier alpha value is -3.13. The van der Waals surface area contributed by atoms with Crippen LogP contribution in [0.5, 0.6) is 0 Å². The van der Waals surface area contributed by atoms with Crippen LogP contribution >= 0.6 is 0 Å². The van der Waals surface area contributed by atoms with Crippen molar-refractivity contribution in [2.75, 3.05) is 5.73 Å². The highest BCUT2D eigenvalue weighted by molar-refractivity contribution is 5.97. The predicted molar refractivity (Wildman–Crippen MR) is 102 cm³/mol. The van der Waals surface area contributed by atoms with Crippen molar-refractivity contribution < 1.29 is 0 Å². The zero-order valence-electron chi connectivity index (χ0n) is 13.5. The fourth-order valence-electron chi connectivity index (χ4n) is 3.06. The maximum atomic E-state index is 6.17. The van der Waals surface area contributed by atoms with E-state index in [9.17, 15) is 0 Å². The molecule has 1 aromatic heterocycles. The summed E-state index contributed by atoms with van der Waals surface area (Å²) in [6, 6.07) is 26.8. The van der Waals surface area contributed by atoms with Gasteiger partial charge in [0.05, 0.1) is 11.2 Å². The second kappa shape index (κ2) is 5.82. The van der Waals surface area contributed by atoms with E-state index in [2.05, 4.69) is 55.5 Å². The number of para-hydroxylation sites is 1. The number of aryl methyl sites for hydroxylation is 1. The van der Waals surface area contributed by atoms with Gasteiger partial charge in [-0.15, -0.1) is 0 Å². The van der Waals surface area contributed by atoms with Gasteiger partial charge in [-0.25, -0.2) is 4.98 Å². The van der Waals surface area contributed by atoms with E-state index in [1.807, 2.05) is 30.3 Å². The first-order valence-electron chi connectivity index (χ1n) is 8.04. The second-order valence-corrected chi connectivity index (χ2v) is 6.03. The molecule has 0 saturated heterocycles. The summed E-state index contributed by atoms with van der Waals surface area (Å²) in [5, 5.41) is 1.17. The summed E-state index contributed by atoms with van der Waals surface area (Å²) in [5.41, 5.74) is 13.4. The molecule has 3 aromatic carbocycles. The number of nitrogen functional groups attached to an aromatic ring is 1. The summed E-state index contributed by atoms with van der Waals surface area (Å²) < 4.78 is 0. The van der Waals surface area contributed by atoms with E-state index in [4.69, 9.17) is 10.7 Å². The minimum absolute atomic E-state index is 0.746. The van der Waals surface area contributed by atoms with Crippen molar-refractivity contribution >= 4 is 16.6 Å². The molecule has 0 aliphatic carbocycles. The van der Waals surface area contributed by atoms with Crippen molar-refractivity contribution in [3.63, 3.8) is 0 Å². The lowest BCUT2D eigenvalue weighted by Crippen LogP contribution is -1.94. The zero-order valence-corrected chi connectivity index (χ0v) is 13.5. The molecular weight excluding hydrogens is 292 g/mol. The number of hydrogen-bond acceptors (Lipinski definition) is 2. The fraction of sp³-hybridized carbons (Fsp3) is 0.0455. The van der Waals surface area contributed by atoms with Crippen LogP contribution in [0.1, 0.15) is 5.56 Å². The van der Waals surface area contributed by atoms with Crippen LogP contribution in [0.15, 0.2) is 78.9 Å². The fourth-order valence-corrected chi connectivity index (χ4v) is 3.06. The first-order valence-corrected chi connectivity index (χ1v) is 8.04. The molecule has 116 valence electrons. The van der Waals surface area contributed by atoms with Crippen LogP contribution in [-0.4, -0.2) is 4.98 Å². The van der Waals surface area contributed by atoms with Crippen molar-refractivity contribution in [3.8, 4) is 22.4 Å². The minimum atomic E-state index is 0.746. The Labute approximate surface area is 141 Å². The quantitative estimate of drug-likeness (QED) is 0.499. The average Bonchev–Trinajstić information content (AvgIpc) is 2.62. The molecule has 0 saturated carbocycles. The summed E-state index contributed by atoms with van der Waals surface area (Å²) in [6.07, 6.45) is 0. The van der Waals surface area contributed by atoms with Gasteiger partial charge in [-0.3, -0.25) is 0 Å². The summed E-state index contributed by atoms with van der Waals surface area (Å²) in [4.78, 5) is 4.85. The van der Waals surface area contributed by atoms with E-state index in [1.54, 1.807) is 0 Å². The largest absolute Gasteiger partial charge is 0.398 e. The molecule has 2 nitrogen and oxygen atoms in total. The number of rotatable bonds is 2. The number of benzene rings is 3. The number of anilines is 1. The maximum absolute atomic E-state index is 6.17. The van der Waals surface area contributed by atoms with Crippen molar-refractivity contribution in [1.82, 2.24) is 4.98 Å². The Morgan fingerprint density at radius 3 is 2.29 bits per heavy atom. The van der Waals surface area contributed by atoms with Gasteiger partial charge in [-0.1, -0.05) is 60.2 Å². The van der Waals surface area contributed by atoms with E-state index in [0.29, 0.717) is 0 Å². The van der Waals surface area contributed by atoms with Gasteiger partial charge in [0.25, 0.3) is 0 Å². The van der Waals surface area contributed by atoms with E-state index < -0.39 is 0 Å². The summed E-state index contributed by atoms with van der Waals surface area (Å²) in [7, 11) is 0. The van der Waals surface area contributed by atoms with Gasteiger partial charge in [-0.2, -0.15) is 0 Å². The Balaban J connectivity index is 2.05. The van der Waals surface area contributed by atoms with Gasteiger partial charge < -0.3 is 5.73 Å². The summed E-state index contributed by atoms with van der Waals surface area (Å²) in [6.45, 7) is 2.11. The summed E-state index contributed by atoms with van der Waals surface area (Å²) >= 11 is 0. The molecule has 0 atom stereocenters. The number of nitrogens with two attached hydrogens (primary N) is 1. The maximum Gasteiger partial charge on any atom is 0.0736 e. The topological polar surface area (TPSA) is 38.9 Å². The van der Waals surface area contributed by atoms with Gasteiger partial charge in [0.15, 0.2) is 0 Å². The standard InChI is InChI=1S/C22H18N2/c1-15-11-12-21-19(13-15)18(16-7-3-2-4-8-16)14-22(24-21)17-9-5-6-10-20(17)23/h2-14H,23H2,1H3. The molecule has 2 heteroatoms. The van der Waals surface area contributed by atoms with Crippen LogP contribution in [0.25, 0.3) is 33.3 Å². The van der Waals surface area contributed by atoms with Gasteiger partial charge in [0.1, 0.15) is 0 Å². The third-order valence-corrected chi connectivity index (χ3v) is 4.29. The van der Waals surface area contributed by atoms with Crippen LogP contribution in [0.3, 0.4) is 0 Å². The lowest BCUT2D eigenvalue weighted by atomic mass is 9.97. The van der Waals surface area contributed by atoms with Gasteiger partial charge in [0, 0.05) is 16.6 Å². The van der Waals surface area contributed by atoms with Crippen molar-refractivity contribution in [2.45, 2.75) is 6.92 Å². The number of fused-ring (bicyclic) bond motifs is 1. The van der Waals surface area contributed by atoms with Crippen LogP contribution < -0.4 is 5.73 Å². The molecule has 0 bridgehead atoms. The molecular formula is C22H18N2. The molecule has 0 unspecified atom stereocenters. The Morgan fingerprint density at radius 2 is 1.50 bits per heavy atom. The second-order valence-electron chi connectivity index (χ2n) is 6.03. The molecule has 0 fully saturated rings.